The van der Waals surface area contributed by atoms with E-state index in [9.17, 15) is 9.59 Å². The summed E-state index contributed by atoms with van der Waals surface area (Å²) in [5.41, 5.74) is 2.58. The van der Waals surface area contributed by atoms with Gasteiger partial charge in [-0.25, -0.2) is 4.98 Å². The summed E-state index contributed by atoms with van der Waals surface area (Å²) in [6, 6.07) is 6.17. The Kier molecular flexibility index (Phi) is 5.86. The van der Waals surface area contributed by atoms with E-state index in [4.69, 9.17) is 4.98 Å². The lowest BCUT2D eigenvalue weighted by molar-refractivity contribution is -0.130. The number of pyridine rings is 1. The van der Waals surface area contributed by atoms with E-state index in [0.717, 1.165) is 55.1 Å². The van der Waals surface area contributed by atoms with Gasteiger partial charge in [-0.2, -0.15) is 0 Å². The number of likely N-dealkylation sites (N-methyl/N-ethyl adjacent to an activating group) is 1. The van der Waals surface area contributed by atoms with Gasteiger partial charge in [0.2, 0.25) is 5.91 Å². The largest absolute Gasteiger partial charge is 0.350 e. The minimum Gasteiger partial charge on any atom is -0.350 e. The highest BCUT2D eigenvalue weighted by Crippen LogP contribution is 2.59. The molecule has 188 valence electrons. The van der Waals surface area contributed by atoms with Crippen molar-refractivity contribution >= 4 is 17.5 Å². The molecule has 3 heterocycles. The second kappa shape index (κ2) is 8.91. The normalized spacial score (nSPS) is 31.6. The Balaban J connectivity index is 1.09. The Morgan fingerprint density at radius 3 is 2.49 bits per heavy atom. The molecule has 7 rings (SSSR count). The number of aryl methyl sites for hydroxylation is 1. The number of carbonyl (C=O) groups excluding carboxylic acids is 2. The van der Waals surface area contributed by atoms with Crippen LogP contribution in [0.4, 0.5) is 0 Å². The van der Waals surface area contributed by atoms with Crippen molar-refractivity contribution in [3.05, 3.63) is 35.8 Å². The van der Waals surface area contributed by atoms with E-state index in [-0.39, 0.29) is 11.8 Å². The van der Waals surface area contributed by atoms with Gasteiger partial charge < -0.3 is 15.1 Å². The second-order valence-electron chi connectivity index (χ2n) is 12.2. The van der Waals surface area contributed by atoms with Gasteiger partial charge in [-0.05, 0) is 101 Å². The van der Waals surface area contributed by atoms with Crippen molar-refractivity contribution in [2.24, 2.45) is 23.2 Å². The summed E-state index contributed by atoms with van der Waals surface area (Å²) in [6.45, 7) is 2.44. The number of nitrogens with zero attached hydrogens (tertiary/aromatic N) is 4. The maximum absolute atomic E-state index is 13.3. The summed E-state index contributed by atoms with van der Waals surface area (Å²) >= 11 is 0. The number of aromatic nitrogens is 2. The molecule has 0 spiro atoms. The first kappa shape index (κ1) is 23.0. The van der Waals surface area contributed by atoms with Gasteiger partial charge in [0.15, 0.2) is 0 Å². The van der Waals surface area contributed by atoms with Gasteiger partial charge in [-0.3, -0.25) is 14.0 Å². The molecular weight excluding hydrogens is 438 g/mol. The topological polar surface area (TPSA) is 70.0 Å². The quantitative estimate of drug-likeness (QED) is 0.664. The molecule has 35 heavy (non-hydrogen) atoms. The predicted octanol–water partition coefficient (Wildman–Crippen LogP) is 3.38. The van der Waals surface area contributed by atoms with Gasteiger partial charge in [0.05, 0.1) is 5.69 Å². The van der Waals surface area contributed by atoms with Crippen molar-refractivity contribution in [1.82, 2.24) is 24.5 Å². The lowest BCUT2D eigenvalue weighted by atomic mass is 9.49. The summed E-state index contributed by atoms with van der Waals surface area (Å²) in [7, 11) is 4.15. The fourth-order valence-electron chi connectivity index (χ4n) is 8.01. The van der Waals surface area contributed by atoms with Gasteiger partial charge in [0, 0.05) is 38.3 Å². The van der Waals surface area contributed by atoms with Crippen molar-refractivity contribution in [2.75, 3.05) is 33.7 Å². The molecule has 1 N–H and O–H groups in total. The van der Waals surface area contributed by atoms with Crippen molar-refractivity contribution in [1.29, 1.82) is 0 Å². The van der Waals surface area contributed by atoms with E-state index in [1.165, 1.54) is 38.5 Å². The predicted molar refractivity (Wildman–Crippen MR) is 135 cm³/mol. The average molecular weight is 478 g/mol. The summed E-state index contributed by atoms with van der Waals surface area (Å²) < 4.78 is 1.90. The number of fused-ring (bicyclic) bond motifs is 1. The van der Waals surface area contributed by atoms with Gasteiger partial charge in [-0.15, -0.1) is 0 Å². The van der Waals surface area contributed by atoms with Gasteiger partial charge >= 0.3 is 0 Å². The number of amides is 2. The van der Waals surface area contributed by atoms with Crippen LogP contribution in [-0.4, -0.2) is 70.8 Å². The fourth-order valence-corrected chi connectivity index (χ4v) is 8.01. The van der Waals surface area contributed by atoms with Gasteiger partial charge in [0.25, 0.3) is 5.91 Å². The Labute approximate surface area is 208 Å². The molecule has 1 saturated heterocycles. The van der Waals surface area contributed by atoms with Crippen LogP contribution < -0.4 is 5.32 Å². The maximum atomic E-state index is 13.3. The fraction of sp³-hybridized carbons (Fsp3) is 0.679. The van der Waals surface area contributed by atoms with Crippen LogP contribution in [0.2, 0.25) is 0 Å². The minimum absolute atomic E-state index is 0.0156. The number of nitrogens with one attached hydrogen (secondary N) is 1. The molecular formula is C28H39N5O2. The van der Waals surface area contributed by atoms with Crippen LogP contribution >= 0.6 is 0 Å². The van der Waals surface area contributed by atoms with Crippen LogP contribution in [0.25, 0.3) is 5.65 Å². The minimum atomic E-state index is -0.0156. The second-order valence-corrected chi connectivity index (χ2v) is 12.2. The van der Waals surface area contributed by atoms with E-state index < -0.39 is 0 Å². The highest BCUT2D eigenvalue weighted by molar-refractivity contribution is 5.93. The monoisotopic (exact) mass is 477 g/mol. The van der Waals surface area contributed by atoms with Crippen LogP contribution in [-0.2, 0) is 11.2 Å². The lowest BCUT2D eigenvalue weighted by Crippen LogP contribution is -2.51. The van der Waals surface area contributed by atoms with Crippen LogP contribution in [0, 0.1) is 23.2 Å². The zero-order valence-electron chi connectivity index (χ0n) is 21.2. The standard InChI is InChI=1S/C28H39N5O2/c1-31(2)23-8-9-32(17-23)26(34)7-6-22-16-33-24(4-3-5-25(33)30-22)27(35)29-18-28-13-19-10-20(14-28)12-21(11-19)15-28/h3-5,16,19-21,23H,6-15,17-18H2,1-2H3,(H,29,35)/t19?,20?,21?,23-,28?/m1/s1. The molecule has 1 aliphatic heterocycles. The number of hydrogen-bond donors (Lipinski definition) is 1. The third kappa shape index (κ3) is 4.48. The van der Waals surface area contributed by atoms with Crippen molar-refractivity contribution < 1.29 is 9.59 Å². The molecule has 0 radical (unpaired) electrons. The van der Waals surface area contributed by atoms with E-state index in [0.29, 0.717) is 30.0 Å². The first-order valence-corrected chi connectivity index (χ1v) is 13.6. The molecule has 7 nitrogen and oxygen atoms in total. The Bertz CT molecular complexity index is 1090. The zero-order valence-corrected chi connectivity index (χ0v) is 21.2. The summed E-state index contributed by atoms with van der Waals surface area (Å²) in [5, 5.41) is 3.31. The molecule has 4 bridgehead atoms. The van der Waals surface area contributed by atoms with Gasteiger partial charge in [0.1, 0.15) is 11.3 Å². The SMILES string of the molecule is CN(C)[C@@H]1CCN(C(=O)CCc2cn3c(C(=O)NCC45CC6CC(CC(C6)C4)C5)cccc3n2)C1. The summed E-state index contributed by atoms with van der Waals surface area (Å²) in [6.07, 6.45) is 12.2. The molecule has 4 saturated carbocycles. The van der Waals surface area contributed by atoms with E-state index in [1.807, 2.05) is 33.7 Å². The summed E-state index contributed by atoms with van der Waals surface area (Å²) in [4.78, 5) is 34.9. The molecule has 2 aromatic rings. The average Bonchev–Trinajstić information content (AvgIpc) is 3.47. The van der Waals surface area contributed by atoms with Crippen molar-refractivity contribution in [3.63, 3.8) is 0 Å². The lowest BCUT2D eigenvalue weighted by Gasteiger charge is -2.56. The van der Waals surface area contributed by atoms with E-state index in [1.54, 1.807) is 0 Å². The molecule has 4 aliphatic carbocycles. The Hall–Kier alpha value is -2.41. The zero-order chi connectivity index (χ0) is 24.2. The molecule has 0 unspecified atom stereocenters. The van der Waals surface area contributed by atoms with Gasteiger partial charge in [-0.1, -0.05) is 6.07 Å². The molecule has 5 fully saturated rings. The first-order valence-electron chi connectivity index (χ1n) is 13.6. The molecule has 5 aliphatic rings. The highest BCUT2D eigenvalue weighted by atomic mass is 16.2. The van der Waals surface area contributed by atoms with Crippen molar-refractivity contribution in [3.8, 4) is 0 Å². The number of imidazole rings is 1. The maximum Gasteiger partial charge on any atom is 0.268 e. The molecule has 2 amide bonds. The summed E-state index contributed by atoms with van der Waals surface area (Å²) in [5.74, 6) is 2.83. The third-order valence-corrected chi connectivity index (χ3v) is 9.41. The van der Waals surface area contributed by atoms with Crippen LogP contribution in [0.1, 0.15) is 67.5 Å². The van der Waals surface area contributed by atoms with Crippen LogP contribution in [0.3, 0.4) is 0 Å². The highest BCUT2D eigenvalue weighted by Gasteiger charge is 2.50. The Morgan fingerprint density at radius 2 is 1.83 bits per heavy atom. The number of carbonyl (C=O) groups is 2. The number of rotatable bonds is 7. The van der Waals surface area contributed by atoms with Crippen LogP contribution in [0.5, 0.6) is 0 Å². The third-order valence-electron chi connectivity index (χ3n) is 9.41. The van der Waals surface area contributed by atoms with Crippen LogP contribution in [0.15, 0.2) is 24.4 Å². The first-order chi connectivity index (χ1) is 16.9. The van der Waals surface area contributed by atoms with Crippen molar-refractivity contribution in [2.45, 2.75) is 63.8 Å². The molecule has 7 heteroatoms. The number of hydrogen-bond acceptors (Lipinski definition) is 4. The molecule has 1 atom stereocenters. The molecule has 0 aromatic carbocycles. The van der Waals surface area contributed by atoms with E-state index >= 15 is 0 Å². The number of likely N-dealkylation sites (tertiary alicyclic amines) is 1. The smallest absolute Gasteiger partial charge is 0.268 e. The Morgan fingerprint density at radius 1 is 1.11 bits per heavy atom. The van der Waals surface area contributed by atoms with E-state index in [2.05, 4.69) is 24.3 Å². The molecule has 2 aromatic heterocycles.